The predicted octanol–water partition coefficient (Wildman–Crippen LogP) is 2.32. The van der Waals surface area contributed by atoms with Gasteiger partial charge in [0.1, 0.15) is 5.82 Å². The fraction of sp³-hybridized carbons (Fsp3) is 0.182. The molecule has 0 saturated carbocycles. The Labute approximate surface area is 85.7 Å². The number of rotatable bonds is 1. The molecule has 4 heteroatoms. The monoisotopic (exact) mass is 207 g/mol. The molecular weight excluding hydrogens is 197 g/mol. The smallest absolute Gasteiger partial charge is 0.338 e. The third kappa shape index (κ3) is 1.29. The molecule has 0 spiro atoms. The Hall–Kier alpha value is -1.84. The molecule has 0 aliphatic heterocycles. The summed E-state index contributed by atoms with van der Waals surface area (Å²) in [6, 6.07) is 2.91. The van der Waals surface area contributed by atoms with Gasteiger partial charge in [-0.25, -0.2) is 9.18 Å². The second kappa shape index (κ2) is 3.08. The summed E-state index contributed by atoms with van der Waals surface area (Å²) in [7, 11) is 1.80. The molecule has 0 unspecified atom stereocenters. The minimum absolute atomic E-state index is 0.281. The van der Waals surface area contributed by atoms with Gasteiger partial charge in [0.05, 0.1) is 11.1 Å². The number of aromatic nitrogens is 1. The second-order valence-corrected chi connectivity index (χ2v) is 3.55. The number of halogens is 1. The van der Waals surface area contributed by atoms with Crippen molar-refractivity contribution in [3.05, 3.63) is 35.3 Å². The average Bonchev–Trinajstić information content (AvgIpc) is 2.43. The zero-order valence-electron chi connectivity index (χ0n) is 8.41. The molecule has 0 amide bonds. The normalized spacial score (nSPS) is 10.9. The fourth-order valence-corrected chi connectivity index (χ4v) is 1.82. The van der Waals surface area contributed by atoms with Gasteiger partial charge >= 0.3 is 5.97 Å². The van der Waals surface area contributed by atoms with E-state index in [1.54, 1.807) is 30.8 Å². The summed E-state index contributed by atoms with van der Waals surface area (Å²) < 4.78 is 15.6. The molecule has 1 aromatic heterocycles. The van der Waals surface area contributed by atoms with Crippen molar-refractivity contribution in [1.29, 1.82) is 0 Å². The summed E-state index contributed by atoms with van der Waals surface area (Å²) in [4.78, 5) is 10.7. The highest BCUT2D eigenvalue weighted by atomic mass is 19.1. The van der Waals surface area contributed by atoms with Crippen LogP contribution in [-0.2, 0) is 7.05 Å². The number of aromatic carboxylic acids is 1. The van der Waals surface area contributed by atoms with Crippen molar-refractivity contribution in [3.8, 4) is 0 Å². The topological polar surface area (TPSA) is 42.2 Å². The van der Waals surface area contributed by atoms with Crippen LogP contribution in [0.1, 0.15) is 15.9 Å². The SMILES string of the molecule is Cc1cn(C)c2ccc(C(=O)O)c(F)c12. The quantitative estimate of drug-likeness (QED) is 0.779. The van der Waals surface area contributed by atoms with Crippen LogP contribution >= 0.6 is 0 Å². The van der Waals surface area contributed by atoms with E-state index in [1.165, 1.54) is 6.07 Å². The Morgan fingerprint density at radius 3 is 2.73 bits per heavy atom. The van der Waals surface area contributed by atoms with Gasteiger partial charge in [-0.05, 0) is 24.6 Å². The molecule has 1 N–H and O–H groups in total. The fourth-order valence-electron chi connectivity index (χ4n) is 1.82. The van der Waals surface area contributed by atoms with Crippen LogP contribution in [0.25, 0.3) is 10.9 Å². The number of carboxylic acid groups (broad SMARTS) is 1. The van der Waals surface area contributed by atoms with Crippen LogP contribution in [-0.4, -0.2) is 15.6 Å². The number of aryl methyl sites for hydroxylation is 2. The molecule has 2 aromatic rings. The summed E-state index contributed by atoms with van der Waals surface area (Å²) in [6.07, 6.45) is 1.78. The lowest BCUT2D eigenvalue weighted by atomic mass is 10.1. The first-order valence-corrected chi connectivity index (χ1v) is 4.50. The Morgan fingerprint density at radius 2 is 2.13 bits per heavy atom. The molecule has 15 heavy (non-hydrogen) atoms. The van der Waals surface area contributed by atoms with Crippen LogP contribution in [0.3, 0.4) is 0 Å². The number of nitrogens with zero attached hydrogens (tertiary/aromatic N) is 1. The van der Waals surface area contributed by atoms with Gasteiger partial charge in [-0.2, -0.15) is 0 Å². The van der Waals surface area contributed by atoms with Crippen molar-refractivity contribution in [2.24, 2.45) is 7.05 Å². The van der Waals surface area contributed by atoms with Gasteiger partial charge in [0.2, 0.25) is 0 Å². The molecule has 0 aliphatic carbocycles. The lowest BCUT2D eigenvalue weighted by Gasteiger charge is -2.01. The maximum Gasteiger partial charge on any atom is 0.338 e. The lowest BCUT2D eigenvalue weighted by molar-refractivity contribution is 0.0692. The van der Waals surface area contributed by atoms with Crippen LogP contribution in [0.2, 0.25) is 0 Å². The van der Waals surface area contributed by atoms with E-state index >= 15 is 0 Å². The molecule has 1 heterocycles. The lowest BCUT2D eigenvalue weighted by Crippen LogP contribution is -2.01. The largest absolute Gasteiger partial charge is 0.478 e. The van der Waals surface area contributed by atoms with Crippen molar-refractivity contribution in [2.45, 2.75) is 6.92 Å². The first-order valence-electron chi connectivity index (χ1n) is 4.50. The van der Waals surface area contributed by atoms with Crippen LogP contribution in [0.15, 0.2) is 18.3 Å². The zero-order chi connectivity index (χ0) is 11.2. The third-order valence-electron chi connectivity index (χ3n) is 2.51. The van der Waals surface area contributed by atoms with E-state index in [-0.39, 0.29) is 5.56 Å². The summed E-state index contributed by atoms with van der Waals surface area (Å²) in [5.74, 6) is -1.89. The highest BCUT2D eigenvalue weighted by Gasteiger charge is 2.16. The maximum absolute atomic E-state index is 13.8. The van der Waals surface area contributed by atoms with Crippen molar-refractivity contribution in [1.82, 2.24) is 4.57 Å². The maximum atomic E-state index is 13.8. The second-order valence-electron chi connectivity index (χ2n) is 3.55. The van der Waals surface area contributed by atoms with Gasteiger partial charge in [-0.1, -0.05) is 0 Å². The number of carbonyl (C=O) groups is 1. The number of benzene rings is 1. The Bertz CT molecular complexity index is 557. The molecule has 3 nitrogen and oxygen atoms in total. The van der Waals surface area contributed by atoms with E-state index in [0.717, 1.165) is 5.56 Å². The Balaban J connectivity index is 2.89. The molecular formula is C11H10FNO2. The van der Waals surface area contributed by atoms with E-state index in [1.807, 2.05) is 0 Å². The van der Waals surface area contributed by atoms with Crippen molar-refractivity contribution in [3.63, 3.8) is 0 Å². The van der Waals surface area contributed by atoms with Crippen molar-refractivity contribution in [2.75, 3.05) is 0 Å². The Kier molecular flexibility index (Phi) is 2.00. The molecule has 0 atom stereocenters. The molecule has 1 aromatic carbocycles. The minimum Gasteiger partial charge on any atom is -0.478 e. The van der Waals surface area contributed by atoms with E-state index in [4.69, 9.17) is 5.11 Å². The first kappa shape index (κ1) is 9.71. The molecule has 0 fully saturated rings. The summed E-state index contributed by atoms with van der Waals surface area (Å²) in [6.45, 7) is 1.76. The van der Waals surface area contributed by atoms with Gasteiger partial charge in [0.15, 0.2) is 0 Å². The molecule has 0 aliphatic rings. The average molecular weight is 207 g/mol. The highest BCUT2D eigenvalue weighted by molar-refractivity contribution is 5.95. The number of carboxylic acids is 1. The van der Waals surface area contributed by atoms with E-state index in [9.17, 15) is 9.18 Å². The van der Waals surface area contributed by atoms with E-state index < -0.39 is 11.8 Å². The zero-order valence-corrected chi connectivity index (χ0v) is 8.41. The third-order valence-corrected chi connectivity index (χ3v) is 2.51. The number of hydrogen-bond acceptors (Lipinski definition) is 1. The molecule has 0 radical (unpaired) electrons. The first-order chi connectivity index (χ1) is 7.02. The van der Waals surface area contributed by atoms with E-state index in [0.29, 0.717) is 10.9 Å². The molecule has 0 bridgehead atoms. The predicted molar refractivity (Wildman–Crippen MR) is 54.6 cm³/mol. The minimum atomic E-state index is -1.24. The van der Waals surface area contributed by atoms with Crippen molar-refractivity contribution < 1.29 is 14.3 Å². The van der Waals surface area contributed by atoms with Crippen LogP contribution in [0.5, 0.6) is 0 Å². The number of fused-ring (bicyclic) bond motifs is 1. The highest BCUT2D eigenvalue weighted by Crippen LogP contribution is 2.25. The van der Waals surface area contributed by atoms with Gasteiger partial charge < -0.3 is 9.67 Å². The van der Waals surface area contributed by atoms with Crippen LogP contribution in [0.4, 0.5) is 4.39 Å². The summed E-state index contributed by atoms with van der Waals surface area (Å²) in [5.41, 5.74) is 1.17. The molecule has 78 valence electrons. The molecule has 0 saturated heterocycles. The van der Waals surface area contributed by atoms with Gasteiger partial charge in [-0.3, -0.25) is 0 Å². The molecule has 2 rings (SSSR count). The van der Waals surface area contributed by atoms with Crippen molar-refractivity contribution >= 4 is 16.9 Å². The van der Waals surface area contributed by atoms with Gasteiger partial charge in [0, 0.05) is 18.6 Å². The summed E-state index contributed by atoms with van der Waals surface area (Å²) >= 11 is 0. The van der Waals surface area contributed by atoms with Gasteiger partial charge in [-0.15, -0.1) is 0 Å². The van der Waals surface area contributed by atoms with Gasteiger partial charge in [0.25, 0.3) is 0 Å². The summed E-state index contributed by atoms with van der Waals surface area (Å²) in [5, 5.41) is 9.16. The van der Waals surface area contributed by atoms with Crippen LogP contribution in [0, 0.1) is 12.7 Å². The Morgan fingerprint density at radius 1 is 1.47 bits per heavy atom. The van der Waals surface area contributed by atoms with Crippen LogP contribution < -0.4 is 0 Å². The van der Waals surface area contributed by atoms with E-state index in [2.05, 4.69) is 0 Å². The standard InChI is InChI=1S/C11H10FNO2/c1-6-5-13(2)8-4-3-7(11(14)15)10(12)9(6)8/h3-5H,1-2H3,(H,14,15). The number of hydrogen-bond donors (Lipinski definition) is 1.